The second kappa shape index (κ2) is 13.7. The van der Waals surface area contributed by atoms with Crippen molar-refractivity contribution in [1.82, 2.24) is 4.98 Å². The molecule has 1 aliphatic rings. The SMILES string of the molecule is COCc1ccc(-c2ccc(N(C[C@@H](N)[C@@H](C)OC)C(=O)[C@@H]3C[C@H]3c3ccccn3)cc2)cc1.Cl.Cl. The molecule has 0 saturated heterocycles. The maximum Gasteiger partial charge on any atom is 0.230 e. The first-order valence-corrected chi connectivity index (χ1v) is 11.7. The molecule has 3 aromatic rings. The monoisotopic (exact) mass is 531 g/mol. The van der Waals surface area contributed by atoms with Gasteiger partial charge in [0.2, 0.25) is 5.91 Å². The van der Waals surface area contributed by atoms with Gasteiger partial charge < -0.3 is 20.1 Å². The molecule has 0 bridgehead atoms. The van der Waals surface area contributed by atoms with Gasteiger partial charge in [0.05, 0.1) is 12.7 Å². The van der Waals surface area contributed by atoms with Crippen molar-refractivity contribution in [3.8, 4) is 11.1 Å². The molecule has 6 nitrogen and oxygen atoms in total. The van der Waals surface area contributed by atoms with Gasteiger partial charge in [0.25, 0.3) is 0 Å². The Hall–Kier alpha value is -2.48. The highest BCUT2D eigenvalue weighted by atomic mass is 35.5. The van der Waals surface area contributed by atoms with Crippen molar-refractivity contribution in [3.63, 3.8) is 0 Å². The van der Waals surface area contributed by atoms with Crippen LogP contribution in [0.4, 0.5) is 5.69 Å². The van der Waals surface area contributed by atoms with Crippen LogP contribution in [0.2, 0.25) is 0 Å². The third-order valence-corrected chi connectivity index (χ3v) is 6.59. The molecule has 8 heteroatoms. The number of nitrogens with zero attached hydrogens (tertiary/aromatic N) is 2. The normalized spacial score (nSPS) is 17.8. The molecule has 1 heterocycles. The van der Waals surface area contributed by atoms with Crippen molar-refractivity contribution < 1.29 is 14.3 Å². The lowest BCUT2D eigenvalue weighted by Gasteiger charge is -2.29. The summed E-state index contributed by atoms with van der Waals surface area (Å²) in [6, 6.07) is 22.0. The summed E-state index contributed by atoms with van der Waals surface area (Å²) in [7, 11) is 3.33. The highest BCUT2D eigenvalue weighted by Gasteiger charge is 2.47. The molecular weight excluding hydrogens is 497 g/mol. The van der Waals surface area contributed by atoms with Gasteiger partial charge in [0.1, 0.15) is 0 Å². The number of ether oxygens (including phenoxy) is 2. The topological polar surface area (TPSA) is 77.7 Å². The Morgan fingerprint density at radius 1 is 1.03 bits per heavy atom. The Morgan fingerprint density at radius 3 is 2.22 bits per heavy atom. The van der Waals surface area contributed by atoms with E-state index < -0.39 is 0 Å². The number of anilines is 1. The summed E-state index contributed by atoms with van der Waals surface area (Å²) in [5.74, 6) is 0.177. The number of pyridine rings is 1. The zero-order valence-electron chi connectivity index (χ0n) is 20.9. The Morgan fingerprint density at radius 2 is 1.67 bits per heavy atom. The summed E-state index contributed by atoms with van der Waals surface area (Å²) in [6.45, 7) is 2.92. The zero-order chi connectivity index (χ0) is 24.1. The fourth-order valence-electron chi connectivity index (χ4n) is 4.24. The summed E-state index contributed by atoms with van der Waals surface area (Å²) in [5.41, 5.74) is 11.5. The molecule has 1 saturated carbocycles. The number of carbonyl (C=O) groups is 1. The molecule has 0 radical (unpaired) electrons. The molecule has 0 unspecified atom stereocenters. The predicted octanol–water partition coefficient (Wildman–Crippen LogP) is 5.24. The molecular formula is C28H35Cl2N3O3. The molecule has 0 spiro atoms. The molecule has 2 aromatic carbocycles. The van der Waals surface area contributed by atoms with E-state index in [1.165, 1.54) is 0 Å². The summed E-state index contributed by atoms with van der Waals surface area (Å²) in [5, 5.41) is 0. The Labute approximate surface area is 226 Å². The number of nitrogens with two attached hydrogens (primary N) is 1. The fourth-order valence-corrected chi connectivity index (χ4v) is 4.24. The summed E-state index contributed by atoms with van der Waals surface area (Å²) < 4.78 is 10.6. The maximum absolute atomic E-state index is 13.6. The van der Waals surface area contributed by atoms with Gasteiger partial charge in [0, 0.05) is 56.2 Å². The molecule has 194 valence electrons. The molecule has 1 amide bonds. The second-order valence-electron chi connectivity index (χ2n) is 8.93. The number of hydrogen-bond donors (Lipinski definition) is 1. The van der Waals surface area contributed by atoms with Gasteiger partial charge in [0.15, 0.2) is 0 Å². The van der Waals surface area contributed by atoms with Crippen molar-refractivity contribution in [2.24, 2.45) is 11.7 Å². The van der Waals surface area contributed by atoms with Crippen LogP contribution in [0.3, 0.4) is 0 Å². The minimum Gasteiger partial charge on any atom is -0.380 e. The molecule has 1 fully saturated rings. The summed E-state index contributed by atoms with van der Waals surface area (Å²) in [6.07, 6.45) is 2.43. The highest BCUT2D eigenvalue weighted by molar-refractivity contribution is 5.97. The first kappa shape index (κ1) is 29.7. The van der Waals surface area contributed by atoms with Crippen LogP contribution in [-0.2, 0) is 20.9 Å². The van der Waals surface area contributed by atoms with E-state index in [0.717, 1.165) is 34.5 Å². The summed E-state index contributed by atoms with van der Waals surface area (Å²) >= 11 is 0. The average Bonchev–Trinajstić information content (AvgIpc) is 3.69. The Bertz CT molecular complexity index is 1080. The van der Waals surface area contributed by atoms with Gasteiger partial charge in [-0.3, -0.25) is 9.78 Å². The molecule has 1 aliphatic carbocycles. The van der Waals surface area contributed by atoms with Gasteiger partial charge >= 0.3 is 0 Å². The number of amides is 1. The van der Waals surface area contributed by atoms with Gasteiger partial charge in [-0.15, -0.1) is 24.8 Å². The van der Waals surface area contributed by atoms with Crippen LogP contribution in [0.15, 0.2) is 72.9 Å². The number of benzene rings is 2. The number of methoxy groups -OCH3 is 2. The molecule has 0 aliphatic heterocycles. The van der Waals surface area contributed by atoms with Crippen LogP contribution in [0, 0.1) is 5.92 Å². The van der Waals surface area contributed by atoms with Crippen molar-refractivity contribution in [3.05, 3.63) is 84.2 Å². The molecule has 36 heavy (non-hydrogen) atoms. The average molecular weight is 533 g/mol. The third-order valence-electron chi connectivity index (χ3n) is 6.59. The zero-order valence-corrected chi connectivity index (χ0v) is 22.5. The lowest BCUT2D eigenvalue weighted by Crippen LogP contribution is -2.47. The van der Waals surface area contributed by atoms with Crippen LogP contribution in [0.5, 0.6) is 0 Å². The van der Waals surface area contributed by atoms with Gasteiger partial charge in [-0.2, -0.15) is 0 Å². The highest BCUT2D eigenvalue weighted by Crippen LogP contribution is 2.48. The van der Waals surface area contributed by atoms with Gasteiger partial charge in [-0.1, -0.05) is 42.5 Å². The van der Waals surface area contributed by atoms with Crippen LogP contribution in [-0.4, -0.2) is 43.8 Å². The van der Waals surface area contributed by atoms with E-state index >= 15 is 0 Å². The molecule has 4 rings (SSSR count). The van der Waals surface area contributed by atoms with E-state index in [2.05, 4.69) is 41.4 Å². The first-order valence-electron chi connectivity index (χ1n) is 11.7. The Balaban J connectivity index is 0.00000228. The van der Waals surface area contributed by atoms with E-state index in [1.54, 1.807) is 20.4 Å². The van der Waals surface area contributed by atoms with Crippen molar-refractivity contribution in [2.45, 2.75) is 38.0 Å². The number of halogens is 2. The van der Waals surface area contributed by atoms with E-state index in [9.17, 15) is 4.79 Å². The number of hydrogen-bond acceptors (Lipinski definition) is 5. The van der Waals surface area contributed by atoms with E-state index in [1.807, 2.05) is 42.2 Å². The van der Waals surface area contributed by atoms with Crippen molar-refractivity contribution in [2.75, 3.05) is 25.7 Å². The van der Waals surface area contributed by atoms with Crippen LogP contribution in [0.1, 0.15) is 30.5 Å². The van der Waals surface area contributed by atoms with Crippen molar-refractivity contribution in [1.29, 1.82) is 0 Å². The number of rotatable bonds is 10. The quantitative estimate of drug-likeness (QED) is 0.387. The van der Waals surface area contributed by atoms with Gasteiger partial charge in [-0.25, -0.2) is 0 Å². The third kappa shape index (κ3) is 7.05. The second-order valence-corrected chi connectivity index (χ2v) is 8.93. The summed E-state index contributed by atoms with van der Waals surface area (Å²) in [4.78, 5) is 19.8. The standard InChI is InChI=1S/C28H33N3O3.2ClH/c1-19(34-3)26(29)17-31(28(32)25-16-24(25)27-6-4-5-15-30-27)23-13-11-22(12-14-23)21-9-7-20(8-10-21)18-33-2;;/h4-15,19,24-26H,16-18,29H2,1-3H3;2*1H/t19-,24-,25-,26-;;/m1../s1. The maximum atomic E-state index is 13.6. The molecule has 1 aromatic heterocycles. The molecule has 2 N–H and O–H groups in total. The van der Waals surface area contributed by atoms with Crippen molar-refractivity contribution >= 4 is 36.4 Å². The first-order chi connectivity index (χ1) is 16.5. The lowest BCUT2D eigenvalue weighted by atomic mass is 10.0. The smallest absolute Gasteiger partial charge is 0.230 e. The molecule has 4 atom stereocenters. The van der Waals surface area contributed by atoms with E-state index in [0.29, 0.717) is 13.2 Å². The van der Waals surface area contributed by atoms with Crippen LogP contribution < -0.4 is 10.6 Å². The minimum atomic E-state index is -0.297. The fraction of sp³-hybridized carbons (Fsp3) is 0.357. The van der Waals surface area contributed by atoms with E-state index in [-0.39, 0.29) is 54.7 Å². The van der Waals surface area contributed by atoms with Crippen LogP contribution >= 0.6 is 24.8 Å². The van der Waals surface area contributed by atoms with Gasteiger partial charge in [-0.05, 0) is 54.3 Å². The van der Waals surface area contributed by atoms with E-state index in [4.69, 9.17) is 15.2 Å². The minimum absolute atomic E-state index is 0. The van der Waals surface area contributed by atoms with Crippen LogP contribution in [0.25, 0.3) is 11.1 Å². The number of aromatic nitrogens is 1. The largest absolute Gasteiger partial charge is 0.380 e. The Kier molecular flexibility index (Phi) is 11.3. The predicted molar refractivity (Wildman–Crippen MR) is 149 cm³/mol. The lowest BCUT2D eigenvalue weighted by molar-refractivity contribution is -0.120. The number of carbonyl (C=O) groups excluding carboxylic acids is 1.